The van der Waals surface area contributed by atoms with Crippen molar-refractivity contribution in [1.29, 1.82) is 5.26 Å². The first-order valence-corrected chi connectivity index (χ1v) is 3.90. The van der Waals surface area contributed by atoms with Crippen molar-refractivity contribution in [3.63, 3.8) is 0 Å². The van der Waals surface area contributed by atoms with Crippen LogP contribution >= 0.6 is 0 Å². The molecule has 1 aliphatic carbocycles. The number of allylic oxidation sites excluding steroid dienone is 1. The number of hydrogen-bond acceptors (Lipinski definition) is 3. The van der Waals surface area contributed by atoms with Gasteiger partial charge in [0.2, 0.25) is 6.04 Å². The van der Waals surface area contributed by atoms with Gasteiger partial charge in [-0.3, -0.25) is 10.1 Å². The second-order valence-electron chi connectivity index (χ2n) is 2.98. The average Bonchev–Trinajstić information content (AvgIpc) is 2.49. The molecule has 0 saturated carbocycles. The normalized spacial score (nSPS) is 24.3. The van der Waals surface area contributed by atoms with Crippen LogP contribution < -0.4 is 0 Å². The molecule has 0 fully saturated rings. The summed E-state index contributed by atoms with van der Waals surface area (Å²) in [5.74, 6) is -0.162. The summed E-state index contributed by atoms with van der Waals surface area (Å²) in [5, 5.41) is 19.0. The molecule has 0 saturated heterocycles. The summed E-state index contributed by atoms with van der Waals surface area (Å²) in [6, 6.07) is 1.38. The Labute approximate surface area is 70.6 Å². The minimum atomic E-state index is -0.626. The summed E-state index contributed by atoms with van der Waals surface area (Å²) in [6.45, 7) is 1.56. The van der Waals surface area contributed by atoms with E-state index in [1.165, 1.54) is 0 Å². The van der Waals surface area contributed by atoms with Crippen LogP contribution in [0.2, 0.25) is 0 Å². The summed E-state index contributed by atoms with van der Waals surface area (Å²) in [6.07, 6.45) is 3.33. The number of nitro groups is 1. The Morgan fingerprint density at radius 3 is 3.08 bits per heavy atom. The molecule has 0 aliphatic heterocycles. The van der Waals surface area contributed by atoms with Crippen molar-refractivity contribution in [2.75, 3.05) is 0 Å². The predicted molar refractivity (Wildman–Crippen MR) is 42.9 cm³/mol. The van der Waals surface area contributed by atoms with Gasteiger partial charge in [0.1, 0.15) is 0 Å². The molecule has 0 radical (unpaired) electrons. The fourth-order valence-corrected chi connectivity index (χ4v) is 1.50. The molecule has 0 bridgehead atoms. The van der Waals surface area contributed by atoms with E-state index < -0.39 is 6.04 Å². The molecule has 0 spiro atoms. The second kappa shape index (κ2) is 3.35. The van der Waals surface area contributed by atoms with Crippen LogP contribution in [0.5, 0.6) is 0 Å². The van der Waals surface area contributed by atoms with Gasteiger partial charge in [0.15, 0.2) is 0 Å². The predicted octanol–water partition coefficient (Wildman–Crippen LogP) is 1.51. The van der Waals surface area contributed by atoms with Crippen LogP contribution in [0.3, 0.4) is 0 Å². The molecule has 4 heteroatoms. The van der Waals surface area contributed by atoms with E-state index in [4.69, 9.17) is 5.26 Å². The Morgan fingerprint density at radius 2 is 2.58 bits per heavy atom. The van der Waals surface area contributed by atoms with Crippen LogP contribution in [0.4, 0.5) is 0 Å². The quantitative estimate of drug-likeness (QED) is 0.461. The third-order valence-electron chi connectivity index (χ3n) is 2.29. The third kappa shape index (κ3) is 1.45. The van der Waals surface area contributed by atoms with Gasteiger partial charge in [0, 0.05) is 17.4 Å². The Bertz CT molecular complexity index is 265. The third-order valence-corrected chi connectivity index (χ3v) is 2.29. The standard InChI is InChI=1S/C8H10N2O2/c1-6(10(11)12)8-4-2-3-7(8)5-9/h3,6,8H,2,4H2,1H3. The maximum absolute atomic E-state index is 10.4. The smallest absolute Gasteiger partial charge is 0.217 e. The number of rotatable bonds is 2. The Hall–Kier alpha value is -1.37. The summed E-state index contributed by atoms with van der Waals surface area (Å²) in [5.41, 5.74) is 0.583. The average molecular weight is 166 g/mol. The second-order valence-corrected chi connectivity index (χ2v) is 2.98. The SMILES string of the molecule is CC(C1CCC=C1C#N)[N+](=O)[O-]. The molecule has 4 nitrogen and oxygen atoms in total. The van der Waals surface area contributed by atoms with Crippen LogP contribution in [0.1, 0.15) is 19.8 Å². The van der Waals surface area contributed by atoms with Crippen LogP contribution in [-0.4, -0.2) is 11.0 Å². The molecule has 64 valence electrons. The fourth-order valence-electron chi connectivity index (χ4n) is 1.50. The van der Waals surface area contributed by atoms with Gasteiger partial charge < -0.3 is 0 Å². The molecular weight excluding hydrogens is 156 g/mol. The van der Waals surface area contributed by atoms with Crippen molar-refractivity contribution >= 4 is 0 Å². The minimum absolute atomic E-state index is 0.162. The van der Waals surface area contributed by atoms with Gasteiger partial charge >= 0.3 is 0 Å². The molecule has 0 aromatic carbocycles. The first-order valence-electron chi connectivity index (χ1n) is 3.90. The summed E-state index contributed by atoms with van der Waals surface area (Å²) >= 11 is 0. The zero-order valence-electron chi connectivity index (χ0n) is 6.86. The molecule has 0 N–H and O–H groups in total. The maximum Gasteiger partial charge on any atom is 0.217 e. The van der Waals surface area contributed by atoms with Gasteiger partial charge in [-0.2, -0.15) is 5.26 Å². The summed E-state index contributed by atoms with van der Waals surface area (Å²) in [7, 11) is 0. The van der Waals surface area contributed by atoms with Gasteiger partial charge in [-0.25, -0.2) is 0 Å². The van der Waals surface area contributed by atoms with E-state index in [2.05, 4.69) is 0 Å². The first kappa shape index (κ1) is 8.72. The van der Waals surface area contributed by atoms with E-state index in [1.807, 2.05) is 6.07 Å². The Balaban J connectivity index is 2.72. The number of hydrogen-bond donors (Lipinski definition) is 0. The highest BCUT2D eigenvalue weighted by molar-refractivity contribution is 5.28. The van der Waals surface area contributed by atoms with Crippen molar-refractivity contribution in [1.82, 2.24) is 0 Å². The molecule has 0 aromatic rings. The Morgan fingerprint density at radius 1 is 1.92 bits per heavy atom. The number of nitriles is 1. The number of nitrogens with zero attached hydrogens (tertiary/aromatic N) is 2. The molecule has 0 aromatic heterocycles. The lowest BCUT2D eigenvalue weighted by Crippen LogP contribution is -2.25. The van der Waals surface area contributed by atoms with Crippen LogP contribution in [-0.2, 0) is 0 Å². The molecular formula is C8H10N2O2. The van der Waals surface area contributed by atoms with Crippen LogP contribution in [0.15, 0.2) is 11.6 Å². The van der Waals surface area contributed by atoms with Gasteiger partial charge in [-0.05, 0) is 12.8 Å². The van der Waals surface area contributed by atoms with E-state index in [0.29, 0.717) is 5.57 Å². The molecule has 1 aliphatic rings. The largest absolute Gasteiger partial charge is 0.264 e. The molecule has 1 rings (SSSR count). The van der Waals surface area contributed by atoms with Crippen LogP contribution in [0.25, 0.3) is 0 Å². The monoisotopic (exact) mass is 166 g/mol. The highest BCUT2D eigenvalue weighted by atomic mass is 16.6. The summed E-state index contributed by atoms with van der Waals surface area (Å²) in [4.78, 5) is 10.1. The molecule has 2 unspecified atom stereocenters. The molecule has 0 amide bonds. The highest BCUT2D eigenvalue weighted by Gasteiger charge is 2.32. The van der Waals surface area contributed by atoms with Gasteiger partial charge in [0.25, 0.3) is 0 Å². The topological polar surface area (TPSA) is 66.9 Å². The Kier molecular flexibility index (Phi) is 2.44. The minimum Gasteiger partial charge on any atom is -0.264 e. The lowest BCUT2D eigenvalue weighted by molar-refractivity contribution is -0.525. The van der Waals surface area contributed by atoms with E-state index in [0.717, 1.165) is 12.8 Å². The van der Waals surface area contributed by atoms with Gasteiger partial charge in [-0.15, -0.1) is 0 Å². The molecule has 0 heterocycles. The summed E-state index contributed by atoms with van der Waals surface area (Å²) < 4.78 is 0. The van der Waals surface area contributed by atoms with Crippen molar-refractivity contribution in [3.8, 4) is 6.07 Å². The van der Waals surface area contributed by atoms with E-state index in [9.17, 15) is 10.1 Å². The maximum atomic E-state index is 10.4. The highest BCUT2D eigenvalue weighted by Crippen LogP contribution is 2.29. The van der Waals surface area contributed by atoms with Crippen molar-refractivity contribution in [3.05, 3.63) is 21.8 Å². The van der Waals surface area contributed by atoms with E-state index in [-0.39, 0.29) is 10.8 Å². The zero-order chi connectivity index (χ0) is 9.14. The van der Waals surface area contributed by atoms with Gasteiger partial charge in [-0.1, -0.05) is 6.08 Å². The van der Waals surface area contributed by atoms with Crippen LogP contribution in [0, 0.1) is 27.4 Å². The van der Waals surface area contributed by atoms with Crippen molar-refractivity contribution in [2.24, 2.45) is 5.92 Å². The van der Waals surface area contributed by atoms with E-state index in [1.54, 1.807) is 13.0 Å². The molecule has 2 atom stereocenters. The lowest BCUT2D eigenvalue weighted by Gasteiger charge is -2.11. The van der Waals surface area contributed by atoms with E-state index >= 15 is 0 Å². The first-order chi connectivity index (χ1) is 5.66. The zero-order valence-corrected chi connectivity index (χ0v) is 6.86. The molecule has 12 heavy (non-hydrogen) atoms. The van der Waals surface area contributed by atoms with Gasteiger partial charge in [0.05, 0.1) is 12.0 Å². The van der Waals surface area contributed by atoms with Crippen molar-refractivity contribution < 1.29 is 4.92 Å². The fraction of sp³-hybridized carbons (Fsp3) is 0.625. The lowest BCUT2D eigenvalue weighted by atomic mass is 9.95. The van der Waals surface area contributed by atoms with Crippen molar-refractivity contribution in [2.45, 2.75) is 25.8 Å².